The number of rotatable bonds is 5. The number of halogens is 2. The molecule has 2 fully saturated rings. The Balaban J connectivity index is 1.52. The average Bonchev–Trinajstić information content (AvgIpc) is 3.12. The van der Waals surface area contributed by atoms with Gasteiger partial charge in [-0.15, -0.1) is 0 Å². The van der Waals surface area contributed by atoms with Crippen molar-refractivity contribution in [2.24, 2.45) is 0 Å². The van der Waals surface area contributed by atoms with E-state index in [1.54, 1.807) is 0 Å². The number of hydrogen-bond acceptors (Lipinski definition) is 3. The van der Waals surface area contributed by atoms with E-state index in [0.717, 1.165) is 63.5 Å². The maximum Gasteiger partial charge on any atom is 0.239 e. The highest BCUT2D eigenvalue weighted by atomic mass is 19.1. The molecule has 5 nitrogen and oxygen atoms in total. The molecule has 0 unspecified atom stereocenters. The van der Waals surface area contributed by atoms with E-state index in [1.807, 2.05) is 9.80 Å². The fraction of sp³-hybridized carbons (Fsp3) is 0.579. The molecule has 7 heteroatoms. The third-order valence-electron chi connectivity index (χ3n) is 5.15. The summed E-state index contributed by atoms with van der Waals surface area (Å²) in [5, 5.41) is 2.41. The number of benzene rings is 1. The molecule has 2 aliphatic heterocycles. The van der Waals surface area contributed by atoms with E-state index < -0.39 is 11.6 Å². The minimum absolute atomic E-state index is 0.139. The van der Waals surface area contributed by atoms with Gasteiger partial charge in [-0.05, 0) is 50.8 Å². The quantitative estimate of drug-likeness (QED) is 0.873. The van der Waals surface area contributed by atoms with Crippen LogP contribution in [0.4, 0.5) is 14.5 Å². The first-order valence-electron chi connectivity index (χ1n) is 9.32. The van der Waals surface area contributed by atoms with Gasteiger partial charge in [0.2, 0.25) is 11.8 Å². The summed E-state index contributed by atoms with van der Waals surface area (Å²) in [6.45, 7) is 2.86. The van der Waals surface area contributed by atoms with Crippen molar-refractivity contribution in [2.45, 2.75) is 44.6 Å². The number of nitrogens with one attached hydrogen (secondary N) is 1. The fourth-order valence-electron chi connectivity index (χ4n) is 3.75. The Hall–Kier alpha value is -2.02. The summed E-state index contributed by atoms with van der Waals surface area (Å²) in [4.78, 5) is 28.8. The van der Waals surface area contributed by atoms with Crippen LogP contribution in [0.2, 0.25) is 0 Å². The topological polar surface area (TPSA) is 52.7 Å². The number of anilines is 1. The zero-order chi connectivity index (χ0) is 18.5. The van der Waals surface area contributed by atoms with E-state index in [1.165, 1.54) is 6.42 Å². The monoisotopic (exact) mass is 365 g/mol. The maximum absolute atomic E-state index is 13.6. The molecule has 0 saturated carbocycles. The van der Waals surface area contributed by atoms with Crippen molar-refractivity contribution in [1.29, 1.82) is 0 Å². The number of carbonyl (C=O) groups is 2. The van der Waals surface area contributed by atoms with Crippen LogP contribution in [0.1, 0.15) is 38.5 Å². The number of carbonyl (C=O) groups excluding carboxylic acids is 2. The SMILES string of the molecule is O=C(CCN1CCC[C@H]1C(=O)N1CCCCC1)Nc1cc(F)ccc1F. The van der Waals surface area contributed by atoms with Crippen LogP contribution in [0.15, 0.2) is 18.2 Å². The third-order valence-corrected chi connectivity index (χ3v) is 5.15. The van der Waals surface area contributed by atoms with Gasteiger partial charge in [0.15, 0.2) is 0 Å². The van der Waals surface area contributed by atoms with Crippen LogP contribution in [-0.4, -0.2) is 53.8 Å². The van der Waals surface area contributed by atoms with Gasteiger partial charge in [0.1, 0.15) is 11.6 Å². The van der Waals surface area contributed by atoms with E-state index in [9.17, 15) is 18.4 Å². The molecule has 142 valence electrons. The Morgan fingerprint density at radius 3 is 2.62 bits per heavy atom. The van der Waals surface area contributed by atoms with E-state index in [0.29, 0.717) is 6.54 Å². The van der Waals surface area contributed by atoms with Gasteiger partial charge in [0.25, 0.3) is 0 Å². The van der Waals surface area contributed by atoms with Crippen molar-refractivity contribution in [3.8, 4) is 0 Å². The summed E-state index contributed by atoms with van der Waals surface area (Å²) in [7, 11) is 0. The molecule has 1 N–H and O–H groups in total. The van der Waals surface area contributed by atoms with Gasteiger partial charge in [-0.3, -0.25) is 14.5 Å². The van der Waals surface area contributed by atoms with Gasteiger partial charge < -0.3 is 10.2 Å². The Labute approximate surface area is 152 Å². The lowest BCUT2D eigenvalue weighted by molar-refractivity contribution is -0.137. The van der Waals surface area contributed by atoms with Crippen molar-refractivity contribution in [2.75, 3.05) is 31.5 Å². The number of hydrogen-bond donors (Lipinski definition) is 1. The van der Waals surface area contributed by atoms with Gasteiger partial charge in [-0.2, -0.15) is 0 Å². The van der Waals surface area contributed by atoms with Crippen LogP contribution >= 0.6 is 0 Å². The predicted molar refractivity (Wildman–Crippen MR) is 94.6 cm³/mol. The molecule has 3 rings (SSSR count). The van der Waals surface area contributed by atoms with Crippen molar-refractivity contribution in [3.63, 3.8) is 0 Å². The van der Waals surface area contributed by atoms with Crippen molar-refractivity contribution in [3.05, 3.63) is 29.8 Å². The van der Waals surface area contributed by atoms with Crippen LogP contribution in [0, 0.1) is 11.6 Å². The lowest BCUT2D eigenvalue weighted by Crippen LogP contribution is -2.47. The number of amides is 2. The zero-order valence-corrected chi connectivity index (χ0v) is 14.8. The standard InChI is InChI=1S/C19H25F2N3O2/c20-14-6-7-15(21)16(13-14)22-18(25)8-12-23-11-4-5-17(23)19(26)24-9-2-1-3-10-24/h6-7,13,17H,1-5,8-12H2,(H,22,25)/t17-/m0/s1. The molecule has 2 aliphatic rings. The van der Waals surface area contributed by atoms with Crippen LogP contribution in [0.25, 0.3) is 0 Å². The van der Waals surface area contributed by atoms with Gasteiger partial charge in [0.05, 0.1) is 11.7 Å². The van der Waals surface area contributed by atoms with Crippen molar-refractivity contribution >= 4 is 17.5 Å². The highest BCUT2D eigenvalue weighted by Crippen LogP contribution is 2.22. The fourth-order valence-corrected chi connectivity index (χ4v) is 3.75. The molecular weight excluding hydrogens is 340 g/mol. The third kappa shape index (κ3) is 4.58. The second-order valence-electron chi connectivity index (χ2n) is 7.00. The van der Waals surface area contributed by atoms with Crippen molar-refractivity contribution in [1.82, 2.24) is 9.80 Å². The van der Waals surface area contributed by atoms with E-state index in [2.05, 4.69) is 5.32 Å². The lowest BCUT2D eigenvalue weighted by atomic mass is 10.1. The molecule has 2 heterocycles. The van der Waals surface area contributed by atoms with E-state index >= 15 is 0 Å². The molecule has 0 aliphatic carbocycles. The number of piperidine rings is 1. The summed E-state index contributed by atoms with van der Waals surface area (Å²) in [6.07, 6.45) is 5.18. The average molecular weight is 365 g/mol. The Kier molecular flexibility index (Phi) is 6.19. The lowest BCUT2D eigenvalue weighted by Gasteiger charge is -2.32. The van der Waals surface area contributed by atoms with E-state index in [4.69, 9.17) is 0 Å². The molecule has 2 saturated heterocycles. The molecular formula is C19H25F2N3O2. The summed E-state index contributed by atoms with van der Waals surface area (Å²) in [5.74, 6) is -1.49. The van der Waals surface area contributed by atoms with Crippen LogP contribution in [0.5, 0.6) is 0 Å². The summed E-state index contributed by atoms with van der Waals surface area (Å²) < 4.78 is 26.8. The minimum Gasteiger partial charge on any atom is -0.341 e. The van der Waals surface area contributed by atoms with Gasteiger partial charge >= 0.3 is 0 Å². The normalized spacial score (nSPS) is 21.0. The Morgan fingerprint density at radius 1 is 1.08 bits per heavy atom. The Bertz CT molecular complexity index is 662. The highest BCUT2D eigenvalue weighted by molar-refractivity contribution is 5.91. The number of likely N-dealkylation sites (tertiary alicyclic amines) is 2. The van der Waals surface area contributed by atoms with E-state index in [-0.39, 0.29) is 30.0 Å². The summed E-state index contributed by atoms with van der Waals surface area (Å²) >= 11 is 0. The first-order valence-corrected chi connectivity index (χ1v) is 9.32. The molecule has 1 aromatic carbocycles. The first kappa shape index (κ1) is 18.8. The second-order valence-corrected chi connectivity index (χ2v) is 7.00. The summed E-state index contributed by atoms with van der Waals surface area (Å²) in [6, 6.07) is 2.79. The smallest absolute Gasteiger partial charge is 0.239 e. The first-order chi connectivity index (χ1) is 12.5. The van der Waals surface area contributed by atoms with Crippen LogP contribution in [0.3, 0.4) is 0 Å². The van der Waals surface area contributed by atoms with Crippen LogP contribution in [-0.2, 0) is 9.59 Å². The predicted octanol–water partition coefficient (Wildman–Crippen LogP) is 2.77. The van der Waals surface area contributed by atoms with Crippen molar-refractivity contribution < 1.29 is 18.4 Å². The van der Waals surface area contributed by atoms with Gasteiger partial charge in [-0.25, -0.2) is 8.78 Å². The maximum atomic E-state index is 13.6. The highest BCUT2D eigenvalue weighted by Gasteiger charge is 2.34. The molecule has 0 spiro atoms. The number of nitrogens with zero attached hydrogens (tertiary/aromatic N) is 2. The molecule has 2 amide bonds. The molecule has 1 atom stereocenters. The largest absolute Gasteiger partial charge is 0.341 e. The second kappa shape index (κ2) is 8.58. The minimum atomic E-state index is -0.668. The molecule has 1 aromatic rings. The van der Waals surface area contributed by atoms with Crippen LogP contribution < -0.4 is 5.32 Å². The van der Waals surface area contributed by atoms with Gasteiger partial charge in [-0.1, -0.05) is 0 Å². The molecule has 0 radical (unpaired) electrons. The molecule has 26 heavy (non-hydrogen) atoms. The van der Waals surface area contributed by atoms with Gasteiger partial charge in [0, 0.05) is 32.1 Å². The molecule has 0 bridgehead atoms. The Morgan fingerprint density at radius 2 is 1.85 bits per heavy atom. The molecule has 0 aromatic heterocycles. The zero-order valence-electron chi connectivity index (χ0n) is 14.8. The summed E-state index contributed by atoms with van der Waals surface area (Å²) in [5.41, 5.74) is -0.155.